The SMILES string of the molecule is O=S(=O)([O-])C(F)(F)F.c1ccc([PH+](c2c(C3CCCCC3)cc(C3CCCCC3)cc2C2CCCCC2)c2c(C3CCCCC3)cc(C3CCCCC3)cc2C2CCCCC2)cc1. The van der Waals surface area contributed by atoms with E-state index in [1.165, 1.54) is 193 Å². The number of hydrogen-bond acceptors (Lipinski definition) is 3. The van der Waals surface area contributed by atoms with E-state index in [4.69, 9.17) is 13.0 Å². The van der Waals surface area contributed by atoms with Crippen LogP contribution in [0.1, 0.15) is 262 Å². The summed E-state index contributed by atoms with van der Waals surface area (Å²) in [6.07, 6.45) is 42.9. The summed E-state index contributed by atoms with van der Waals surface area (Å²) in [6.45, 7) is 0. The molecule has 0 saturated heterocycles. The Labute approximate surface area is 380 Å². The maximum Gasteiger partial charge on any atom is 0.485 e. The minimum absolute atomic E-state index is 0.746. The van der Waals surface area contributed by atoms with Crippen LogP contribution in [0.2, 0.25) is 0 Å². The molecule has 6 fully saturated rings. The highest BCUT2D eigenvalue weighted by molar-refractivity contribution is 7.86. The van der Waals surface area contributed by atoms with Crippen LogP contribution < -0.4 is 15.9 Å². The number of rotatable bonds is 9. The molecule has 0 unspecified atom stereocenters. The molecule has 9 rings (SSSR count). The van der Waals surface area contributed by atoms with Gasteiger partial charge < -0.3 is 4.55 Å². The molecule has 63 heavy (non-hydrogen) atoms. The zero-order valence-electron chi connectivity index (χ0n) is 38.1. The van der Waals surface area contributed by atoms with Crippen LogP contribution in [-0.2, 0) is 10.1 Å². The van der Waals surface area contributed by atoms with Gasteiger partial charge in [0.25, 0.3) is 0 Å². The van der Waals surface area contributed by atoms with Gasteiger partial charge in [-0.1, -0.05) is 158 Å². The van der Waals surface area contributed by atoms with Gasteiger partial charge >= 0.3 is 5.51 Å². The van der Waals surface area contributed by atoms with Crippen LogP contribution in [0.3, 0.4) is 0 Å². The molecule has 0 aliphatic heterocycles. The van der Waals surface area contributed by atoms with Gasteiger partial charge in [0, 0.05) is 0 Å². The summed E-state index contributed by atoms with van der Waals surface area (Å²) in [5.41, 5.74) is 5.40. The fraction of sp³-hybridized carbons (Fsp3) is 0.673. The third-order valence-corrected chi connectivity index (χ3v) is 20.3. The largest absolute Gasteiger partial charge is 0.741 e. The smallest absolute Gasteiger partial charge is 0.485 e. The predicted molar refractivity (Wildman–Crippen MR) is 257 cm³/mol. The zero-order chi connectivity index (χ0) is 43.8. The lowest BCUT2D eigenvalue weighted by Gasteiger charge is -2.35. The summed E-state index contributed by atoms with van der Waals surface area (Å²) in [5, 5.41) is 5.58. The molecular formula is C55H76F3O3PS. The molecule has 3 aromatic rings. The van der Waals surface area contributed by atoms with E-state index >= 15 is 0 Å². The number of benzene rings is 3. The first-order chi connectivity index (χ1) is 30.6. The van der Waals surface area contributed by atoms with Crippen molar-refractivity contribution in [3.63, 3.8) is 0 Å². The molecule has 0 aromatic heterocycles. The molecule has 0 heterocycles. The fourth-order valence-electron chi connectivity index (χ4n) is 13.3. The van der Waals surface area contributed by atoms with Gasteiger partial charge in [0.05, 0.1) is 7.92 Å². The maximum atomic E-state index is 10.7. The molecule has 0 amide bonds. The Morgan fingerprint density at radius 1 is 0.413 bits per heavy atom. The summed E-state index contributed by atoms with van der Waals surface area (Å²) in [6, 6.07) is 24.1. The van der Waals surface area contributed by atoms with Crippen molar-refractivity contribution in [3.8, 4) is 0 Å². The van der Waals surface area contributed by atoms with Crippen LogP contribution in [0.4, 0.5) is 13.2 Å². The molecular weight excluding hydrogens is 829 g/mol. The van der Waals surface area contributed by atoms with Gasteiger partial charge in [0.15, 0.2) is 10.1 Å². The van der Waals surface area contributed by atoms with Crippen LogP contribution in [0, 0.1) is 0 Å². The lowest BCUT2D eigenvalue weighted by Crippen LogP contribution is -2.34. The van der Waals surface area contributed by atoms with Gasteiger partial charge in [0.2, 0.25) is 0 Å². The Kier molecular flexibility index (Phi) is 16.6. The average molecular weight is 905 g/mol. The van der Waals surface area contributed by atoms with E-state index in [0.717, 1.165) is 35.5 Å². The van der Waals surface area contributed by atoms with E-state index in [2.05, 4.69) is 54.6 Å². The highest BCUT2D eigenvalue weighted by atomic mass is 32.2. The maximum absolute atomic E-state index is 10.7. The molecule has 6 aliphatic carbocycles. The topological polar surface area (TPSA) is 57.2 Å². The normalized spacial score (nSPS) is 22.5. The van der Waals surface area contributed by atoms with Gasteiger partial charge in [-0.25, -0.2) is 8.42 Å². The second-order valence-electron chi connectivity index (χ2n) is 20.8. The van der Waals surface area contributed by atoms with Crippen molar-refractivity contribution < 1.29 is 26.1 Å². The van der Waals surface area contributed by atoms with E-state index in [9.17, 15) is 13.2 Å². The molecule has 346 valence electrons. The molecule has 0 radical (unpaired) electrons. The van der Waals surface area contributed by atoms with Crippen LogP contribution in [0.25, 0.3) is 0 Å². The molecule has 0 bridgehead atoms. The molecule has 6 saturated carbocycles. The van der Waals surface area contributed by atoms with Crippen molar-refractivity contribution in [1.29, 1.82) is 0 Å². The van der Waals surface area contributed by atoms with Crippen LogP contribution >= 0.6 is 7.92 Å². The standard InChI is InChI=1S/C54H75P.CHF3O3S/c1-8-22-40(23-9-1)46-36-49(42-26-12-3-13-27-42)53(50(37-46)43-28-14-4-15-29-43)55(48-34-20-7-21-35-48)54-51(44-30-16-5-17-31-44)38-47(41-24-10-2-11-25-41)39-52(54)45-32-18-6-19-33-45;2-1(3,4)8(5,6)7/h7,20-21,34-45H,1-6,8-19,22-33H2;(H,5,6,7). The number of hydrogen-bond donors (Lipinski definition) is 0. The van der Waals surface area contributed by atoms with E-state index < -0.39 is 23.5 Å². The van der Waals surface area contributed by atoms with Crippen molar-refractivity contribution in [1.82, 2.24) is 0 Å². The van der Waals surface area contributed by atoms with Crippen molar-refractivity contribution in [2.24, 2.45) is 0 Å². The van der Waals surface area contributed by atoms with Gasteiger partial charge in [-0.05, 0) is 158 Å². The molecule has 0 spiro atoms. The van der Waals surface area contributed by atoms with Gasteiger partial charge in [0.1, 0.15) is 15.9 Å². The highest BCUT2D eigenvalue weighted by Gasteiger charge is 2.43. The summed E-state index contributed by atoms with van der Waals surface area (Å²) in [5.74, 6) is 4.55. The first-order valence-corrected chi connectivity index (χ1v) is 28.8. The fourth-order valence-corrected chi connectivity index (χ4v) is 16.9. The van der Waals surface area contributed by atoms with Gasteiger partial charge in [-0.3, -0.25) is 0 Å². The van der Waals surface area contributed by atoms with Crippen LogP contribution in [0.5, 0.6) is 0 Å². The minimum Gasteiger partial charge on any atom is -0.741 e. The molecule has 3 nitrogen and oxygen atoms in total. The van der Waals surface area contributed by atoms with E-state index in [0.29, 0.717) is 0 Å². The van der Waals surface area contributed by atoms with Crippen molar-refractivity contribution in [3.05, 3.63) is 88.0 Å². The number of alkyl halides is 3. The van der Waals surface area contributed by atoms with Gasteiger partial charge in [-0.15, -0.1) is 0 Å². The third kappa shape index (κ3) is 11.7. The lowest BCUT2D eigenvalue weighted by atomic mass is 9.76. The zero-order valence-corrected chi connectivity index (χ0v) is 40.0. The molecule has 0 atom stereocenters. The molecule has 6 aliphatic rings. The van der Waals surface area contributed by atoms with E-state index in [1.54, 1.807) is 16.4 Å². The summed E-state index contributed by atoms with van der Waals surface area (Å²) >= 11 is 0. The Bertz CT molecular complexity index is 1830. The summed E-state index contributed by atoms with van der Waals surface area (Å²) < 4.78 is 58.9. The lowest BCUT2D eigenvalue weighted by molar-refractivity contribution is -0.0517. The summed E-state index contributed by atoms with van der Waals surface area (Å²) in [7, 11) is -7.37. The van der Waals surface area contributed by atoms with E-state index in [1.807, 2.05) is 32.9 Å². The van der Waals surface area contributed by atoms with Crippen LogP contribution in [-0.4, -0.2) is 18.5 Å². The third-order valence-electron chi connectivity index (χ3n) is 16.6. The average Bonchev–Trinajstić information content (AvgIpc) is 3.33. The quantitative estimate of drug-likeness (QED) is 0.122. The first kappa shape index (κ1) is 47.3. The predicted octanol–water partition coefficient (Wildman–Crippen LogP) is 15.5. The highest BCUT2D eigenvalue weighted by Crippen LogP contribution is 2.51. The molecule has 0 N–H and O–H groups in total. The van der Waals surface area contributed by atoms with Crippen LogP contribution in [0.15, 0.2) is 54.6 Å². The van der Waals surface area contributed by atoms with Crippen molar-refractivity contribution >= 4 is 34.0 Å². The Morgan fingerprint density at radius 2 is 0.651 bits per heavy atom. The van der Waals surface area contributed by atoms with Crippen molar-refractivity contribution in [2.45, 2.75) is 234 Å². The Hall–Kier alpha value is -2.21. The van der Waals surface area contributed by atoms with E-state index in [-0.39, 0.29) is 0 Å². The minimum atomic E-state index is -6.09. The van der Waals surface area contributed by atoms with Crippen molar-refractivity contribution in [2.75, 3.05) is 0 Å². The Balaban J connectivity index is 0.000000622. The Morgan fingerprint density at radius 3 is 0.889 bits per heavy atom. The monoisotopic (exact) mass is 905 g/mol. The second kappa shape index (κ2) is 22.1. The molecule has 3 aromatic carbocycles. The molecule has 8 heteroatoms. The number of halogens is 3. The van der Waals surface area contributed by atoms with Gasteiger partial charge in [-0.2, -0.15) is 13.2 Å². The second-order valence-corrected chi connectivity index (χ2v) is 24.5. The summed E-state index contributed by atoms with van der Waals surface area (Å²) in [4.78, 5) is 0. The first-order valence-electron chi connectivity index (χ1n) is 25.9.